The predicted octanol–water partition coefficient (Wildman–Crippen LogP) is 6.52. The molecule has 11 heteroatoms. The molecule has 1 heterocycles. The topological polar surface area (TPSA) is 104 Å². The quantitative estimate of drug-likeness (QED) is 0.0882. The standard InChI is InChI=1S/C31H31IN2O7S/c1-22-10-16-26(17-11-22)42(36,37)40-20-6-19-39-30-9-4-8-29(38-3)27(30)21-34(23(2)35)28-7-5-18-33-31(28)41-25-14-12-24(32)13-15-25/h4-5,7-18H,6,19-21H2,1-3H3. The van der Waals surface area contributed by atoms with Gasteiger partial charge in [-0.1, -0.05) is 23.8 Å². The van der Waals surface area contributed by atoms with Gasteiger partial charge >= 0.3 is 0 Å². The number of hydrogen-bond acceptors (Lipinski definition) is 8. The van der Waals surface area contributed by atoms with Crippen LogP contribution in [0.15, 0.2) is 90.0 Å². The number of pyridine rings is 1. The number of hydrogen-bond donors (Lipinski definition) is 0. The number of anilines is 1. The Morgan fingerprint density at radius 2 is 1.64 bits per heavy atom. The fraction of sp³-hybridized carbons (Fsp3) is 0.226. The molecule has 0 spiro atoms. The second-order valence-electron chi connectivity index (χ2n) is 9.22. The number of amides is 1. The van der Waals surface area contributed by atoms with Crippen LogP contribution in [0, 0.1) is 10.5 Å². The molecule has 1 aromatic heterocycles. The molecule has 0 aliphatic heterocycles. The first kappa shape index (κ1) is 31.3. The Morgan fingerprint density at radius 3 is 2.33 bits per heavy atom. The SMILES string of the molecule is COc1cccc(OCCCOS(=O)(=O)c2ccc(C)cc2)c1CN(C(C)=O)c1cccnc1Oc1ccc(I)cc1. The van der Waals surface area contributed by atoms with E-state index in [1.165, 1.54) is 24.0 Å². The lowest BCUT2D eigenvalue weighted by molar-refractivity contribution is -0.116. The van der Waals surface area contributed by atoms with Crippen LogP contribution < -0.4 is 19.1 Å². The van der Waals surface area contributed by atoms with Gasteiger partial charge in [-0.25, -0.2) is 4.98 Å². The Kier molecular flexibility index (Phi) is 10.8. The number of rotatable bonds is 13. The summed E-state index contributed by atoms with van der Waals surface area (Å²) in [5, 5.41) is 0. The van der Waals surface area contributed by atoms with Crippen LogP contribution in [0.4, 0.5) is 5.69 Å². The molecule has 1 amide bonds. The molecule has 0 fully saturated rings. The molecule has 0 aliphatic rings. The zero-order valence-electron chi connectivity index (χ0n) is 23.4. The van der Waals surface area contributed by atoms with Gasteiger partial charge in [0.05, 0.1) is 37.3 Å². The van der Waals surface area contributed by atoms with Crippen LogP contribution in [0.25, 0.3) is 0 Å². The van der Waals surface area contributed by atoms with Crippen LogP contribution in [0.5, 0.6) is 23.1 Å². The number of nitrogens with zero attached hydrogens (tertiary/aromatic N) is 2. The van der Waals surface area contributed by atoms with Crippen molar-refractivity contribution in [3.8, 4) is 23.1 Å². The lowest BCUT2D eigenvalue weighted by Gasteiger charge is -2.25. The molecule has 4 rings (SSSR count). The van der Waals surface area contributed by atoms with Gasteiger partial charge in [-0.15, -0.1) is 0 Å². The van der Waals surface area contributed by atoms with Crippen molar-refractivity contribution in [2.24, 2.45) is 0 Å². The van der Waals surface area contributed by atoms with Crippen molar-refractivity contribution in [1.29, 1.82) is 0 Å². The summed E-state index contributed by atoms with van der Waals surface area (Å²) in [6.45, 7) is 3.58. The Morgan fingerprint density at radius 1 is 0.929 bits per heavy atom. The average molecular weight is 703 g/mol. The van der Waals surface area contributed by atoms with E-state index >= 15 is 0 Å². The van der Waals surface area contributed by atoms with E-state index in [0.717, 1.165) is 9.13 Å². The van der Waals surface area contributed by atoms with E-state index in [4.69, 9.17) is 18.4 Å². The van der Waals surface area contributed by atoms with E-state index in [9.17, 15) is 13.2 Å². The van der Waals surface area contributed by atoms with E-state index in [-0.39, 0.29) is 36.4 Å². The summed E-state index contributed by atoms with van der Waals surface area (Å²) in [7, 11) is -2.32. The fourth-order valence-electron chi connectivity index (χ4n) is 4.02. The third-order valence-corrected chi connectivity index (χ3v) is 8.22. The number of carbonyl (C=O) groups is 1. The van der Waals surface area contributed by atoms with E-state index in [2.05, 4.69) is 27.6 Å². The highest BCUT2D eigenvalue weighted by Crippen LogP contribution is 2.35. The Labute approximate surface area is 259 Å². The highest BCUT2D eigenvalue weighted by atomic mass is 127. The summed E-state index contributed by atoms with van der Waals surface area (Å²) >= 11 is 2.21. The maximum absolute atomic E-state index is 12.9. The molecule has 0 bridgehead atoms. The van der Waals surface area contributed by atoms with Crippen molar-refractivity contribution < 1.29 is 31.6 Å². The highest BCUT2D eigenvalue weighted by Gasteiger charge is 2.22. The molecule has 0 unspecified atom stereocenters. The predicted molar refractivity (Wildman–Crippen MR) is 168 cm³/mol. The number of methoxy groups -OCH3 is 1. The van der Waals surface area contributed by atoms with Crippen LogP contribution in [0.3, 0.4) is 0 Å². The molecular weight excluding hydrogens is 671 g/mol. The van der Waals surface area contributed by atoms with Crippen molar-refractivity contribution >= 4 is 44.3 Å². The molecule has 3 aromatic carbocycles. The molecule has 220 valence electrons. The monoisotopic (exact) mass is 702 g/mol. The highest BCUT2D eigenvalue weighted by molar-refractivity contribution is 14.1. The minimum Gasteiger partial charge on any atom is -0.496 e. The summed E-state index contributed by atoms with van der Waals surface area (Å²) in [5.74, 6) is 1.65. The third kappa shape index (κ3) is 8.20. The number of aryl methyl sites for hydroxylation is 1. The molecule has 42 heavy (non-hydrogen) atoms. The van der Waals surface area contributed by atoms with Crippen molar-refractivity contribution in [2.75, 3.05) is 25.2 Å². The zero-order chi connectivity index (χ0) is 30.1. The van der Waals surface area contributed by atoms with E-state index in [0.29, 0.717) is 34.9 Å². The normalized spacial score (nSPS) is 11.1. The van der Waals surface area contributed by atoms with Crippen molar-refractivity contribution in [1.82, 2.24) is 4.98 Å². The van der Waals surface area contributed by atoms with E-state index in [1.54, 1.807) is 55.8 Å². The minimum absolute atomic E-state index is 0.0516. The molecule has 0 atom stereocenters. The van der Waals surface area contributed by atoms with Crippen molar-refractivity contribution in [3.05, 3.63) is 99.8 Å². The molecule has 0 radical (unpaired) electrons. The van der Waals surface area contributed by atoms with Gasteiger partial charge in [0.1, 0.15) is 22.9 Å². The maximum Gasteiger partial charge on any atom is 0.296 e. The largest absolute Gasteiger partial charge is 0.496 e. The molecule has 0 N–H and O–H groups in total. The summed E-state index contributed by atoms with van der Waals surface area (Å²) in [5.41, 5.74) is 2.07. The first-order chi connectivity index (χ1) is 20.2. The Bertz CT molecular complexity index is 1610. The van der Waals surface area contributed by atoms with Crippen molar-refractivity contribution in [2.45, 2.75) is 31.7 Å². The fourth-order valence-corrected chi connectivity index (χ4v) is 5.32. The van der Waals surface area contributed by atoms with Gasteiger partial charge in [-0.2, -0.15) is 8.42 Å². The van der Waals surface area contributed by atoms with Crippen LogP contribution >= 0.6 is 22.6 Å². The number of carbonyl (C=O) groups excluding carboxylic acids is 1. The van der Waals surface area contributed by atoms with Gasteiger partial charge in [0.25, 0.3) is 10.1 Å². The van der Waals surface area contributed by atoms with Crippen LogP contribution in [0.1, 0.15) is 24.5 Å². The molecule has 0 aliphatic carbocycles. The van der Waals surface area contributed by atoms with Gasteiger partial charge < -0.3 is 19.1 Å². The average Bonchev–Trinajstić information content (AvgIpc) is 2.97. The number of ether oxygens (including phenoxy) is 3. The molecule has 0 saturated carbocycles. The van der Waals surface area contributed by atoms with Gasteiger partial charge in [0.15, 0.2) is 0 Å². The molecule has 4 aromatic rings. The second kappa shape index (κ2) is 14.5. The first-order valence-corrected chi connectivity index (χ1v) is 15.6. The van der Waals surface area contributed by atoms with Crippen LogP contribution in [-0.2, 0) is 25.6 Å². The van der Waals surface area contributed by atoms with Gasteiger partial charge in [-0.3, -0.25) is 8.98 Å². The summed E-state index contributed by atoms with van der Waals surface area (Å²) in [6, 6.07) is 22.8. The second-order valence-corrected chi connectivity index (χ2v) is 12.1. The smallest absolute Gasteiger partial charge is 0.296 e. The summed E-state index contributed by atoms with van der Waals surface area (Å²) < 4.78 is 48.8. The van der Waals surface area contributed by atoms with Gasteiger partial charge in [0, 0.05) is 23.1 Å². The summed E-state index contributed by atoms with van der Waals surface area (Å²) in [6.07, 6.45) is 1.91. The Hall–Kier alpha value is -3.68. The first-order valence-electron chi connectivity index (χ1n) is 13.1. The minimum atomic E-state index is -3.86. The zero-order valence-corrected chi connectivity index (χ0v) is 26.4. The van der Waals surface area contributed by atoms with E-state index in [1.807, 2.05) is 31.2 Å². The molecule has 0 saturated heterocycles. The van der Waals surface area contributed by atoms with Crippen LogP contribution in [-0.4, -0.2) is 39.6 Å². The molecule has 9 nitrogen and oxygen atoms in total. The maximum atomic E-state index is 12.9. The summed E-state index contributed by atoms with van der Waals surface area (Å²) in [4.78, 5) is 18.9. The Balaban J connectivity index is 1.48. The van der Waals surface area contributed by atoms with Gasteiger partial charge in [-0.05, 0) is 90.2 Å². The van der Waals surface area contributed by atoms with Gasteiger partial charge in [0.2, 0.25) is 11.8 Å². The van der Waals surface area contributed by atoms with E-state index < -0.39 is 10.1 Å². The lowest BCUT2D eigenvalue weighted by Crippen LogP contribution is -2.29. The number of halogens is 1. The van der Waals surface area contributed by atoms with Crippen LogP contribution in [0.2, 0.25) is 0 Å². The number of benzene rings is 3. The lowest BCUT2D eigenvalue weighted by atomic mass is 10.1. The molecular formula is C31H31IN2O7S. The van der Waals surface area contributed by atoms with Crippen molar-refractivity contribution in [3.63, 3.8) is 0 Å². The number of aromatic nitrogens is 1. The third-order valence-electron chi connectivity index (χ3n) is 6.17.